The number of hydrogen-bond donors (Lipinski definition) is 1. The molecule has 3 aromatic rings. The van der Waals surface area contributed by atoms with Crippen molar-refractivity contribution in [3.8, 4) is 5.75 Å². The second kappa shape index (κ2) is 8.68. The van der Waals surface area contributed by atoms with Crippen LogP contribution in [-0.4, -0.2) is 0 Å². The smallest absolute Gasteiger partial charge is 0.120 e. The van der Waals surface area contributed by atoms with Crippen LogP contribution >= 0.6 is 34.8 Å². The van der Waals surface area contributed by atoms with Gasteiger partial charge in [0.2, 0.25) is 0 Å². The Morgan fingerprint density at radius 2 is 1.73 bits per heavy atom. The number of hydrogen-bond acceptors (Lipinski definition) is 2. The highest BCUT2D eigenvalue weighted by molar-refractivity contribution is 6.35. The summed E-state index contributed by atoms with van der Waals surface area (Å²) < 4.78 is 5.86. The van der Waals surface area contributed by atoms with Crippen molar-refractivity contribution in [1.29, 1.82) is 0 Å². The van der Waals surface area contributed by atoms with Crippen LogP contribution in [0, 0.1) is 6.92 Å². The molecule has 0 heterocycles. The summed E-state index contributed by atoms with van der Waals surface area (Å²) in [4.78, 5) is 0. The van der Waals surface area contributed by atoms with Crippen molar-refractivity contribution in [3.63, 3.8) is 0 Å². The molecule has 0 unspecified atom stereocenters. The maximum absolute atomic E-state index is 6.18. The number of rotatable bonds is 6. The lowest BCUT2D eigenvalue weighted by Gasteiger charge is -2.11. The Morgan fingerprint density at radius 3 is 2.50 bits per heavy atom. The summed E-state index contributed by atoms with van der Waals surface area (Å²) in [6.45, 7) is 3.05. The second-order valence-electron chi connectivity index (χ2n) is 5.99. The van der Waals surface area contributed by atoms with E-state index in [-0.39, 0.29) is 0 Å². The zero-order chi connectivity index (χ0) is 18.5. The summed E-state index contributed by atoms with van der Waals surface area (Å²) in [5, 5.41) is 5.34. The highest BCUT2D eigenvalue weighted by Gasteiger charge is 2.04. The minimum Gasteiger partial charge on any atom is -0.489 e. The van der Waals surface area contributed by atoms with Gasteiger partial charge >= 0.3 is 0 Å². The summed E-state index contributed by atoms with van der Waals surface area (Å²) in [5.41, 5.74) is 4.06. The van der Waals surface area contributed by atoms with E-state index in [1.54, 1.807) is 12.1 Å². The van der Waals surface area contributed by atoms with Crippen molar-refractivity contribution >= 4 is 40.5 Å². The summed E-state index contributed by atoms with van der Waals surface area (Å²) in [5.74, 6) is 0.789. The average Bonchev–Trinajstić information content (AvgIpc) is 2.62. The van der Waals surface area contributed by atoms with Gasteiger partial charge in [-0.15, -0.1) is 0 Å². The molecule has 0 saturated heterocycles. The first kappa shape index (κ1) is 18.9. The zero-order valence-corrected chi connectivity index (χ0v) is 16.5. The summed E-state index contributed by atoms with van der Waals surface area (Å²) in [6.07, 6.45) is 0. The summed E-state index contributed by atoms with van der Waals surface area (Å²) in [7, 11) is 0. The quantitative estimate of drug-likeness (QED) is 0.469. The van der Waals surface area contributed by atoms with Crippen LogP contribution in [0.25, 0.3) is 0 Å². The van der Waals surface area contributed by atoms with Crippen molar-refractivity contribution < 1.29 is 4.74 Å². The first-order valence-electron chi connectivity index (χ1n) is 8.17. The van der Waals surface area contributed by atoms with Gasteiger partial charge in [0.15, 0.2) is 0 Å². The van der Waals surface area contributed by atoms with E-state index in [0.29, 0.717) is 23.2 Å². The van der Waals surface area contributed by atoms with Gasteiger partial charge < -0.3 is 10.1 Å². The number of nitrogens with one attached hydrogen (secondary N) is 1. The molecule has 134 valence electrons. The van der Waals surface area contributed by atoms with Gasteiger partial charge in [-0.3, -0.25) is 0 Å². The number of aryl methyl sites for hydroxylation is 1. The zero-order valence-electron chi connectivity index (χ0n) is 14.2. The summed E-state index contributed by atoms with van der Waals surface area (Å²) >= 11 is 18.3. The standard InChI is InChI=1S/C21H18Cl3NO/c1-14-5-8-18(11-20(14)23)25-12-15-3-2-4-19(9-15)26-13-16-6-7-17(22)10-21(16)24/h2-11,25H,12-13H2,1H3. The van der Waals surface area contributed by atoms with Crippen molar-refractivity contribution in [3.05, 3.63) is 92.4 Å². The molecule has 0 spiro atoms. The van der Waals surface area contributed by atoms with Gasteiger partial charge in [0.25, 0.3) is 0 Å². The third-order valence-corrected chi connectivity index (χ3v) is 4.97. The molecule has 0 radical (unpaired) electrons. The maximum Gasteiger partial charge on any atom is 0.120 e. The van der Waals surface area contributed by atoms with E-state index in [9.17, 15) is 0 Å². The Kier molecular flexibility index (Phi) is 6.31. The van der Waals surface area contributed by atoms with Gasteiger partial charge in [-0.05, 0) is 54.4 Å². The van der Waals surface area contributed by atoms with Crippen LogP contribution in [0.4, 0.5) is 5.69 Å². The molecule has 0 aliphatic carbocycles. The van der Waals surface area contributed by atoms with Crippen LogP contribution in [-0.2, 0) is 13.2 Å². The molecular weight excluding hydrogens is 389 g/mol. The van der Waals surface area contributed by atoms with Crippen molar-refractivity contribution in [2.75, 3.05) is 5.32 Å². The monoisotopic (exact) mass is 405 g/mol. The largest absolute Gasteiger partial charge is 0.489 e. The lowest BCUT2D eigenvalue weighted by atomic mass is 10.2. The lowest BCUT2D eigenvalue weighted by molar-refractivity contribution is 0.306. The first-order chi connectivity index (χ1) is 12.5. The normalized spacial score (nSPS) is 10.6. The van der Waals surface area contributed by atoms with E-state index in [4.69, 9.17) is 39.5 Å². The molecular formula is C21H18Cl3NO. The Labute approximate surface area is 168 Å². The van der Waals surface area contributed by atoms with Crippen LogP contribution in [0.15, 0.2) is 60.7 Å². The molecule has 3 aromatic carbocycles. The molecule has 3 rings (SSSR count). The molecule has 0 amide bonds. The average molecular weight is 407 g/mol. The molecule has 0 atom stereocenters. The SMILES string of the molecule is Cc1ccc(NCc2cccc(OCc3ccc(Cl)cc3Cl)c2)cc1Cl. The minimum atomic E-state index is 0.389. The van der Waals surface area contributed by atoms with Crippen LogP contribution in [0.5, 0.6) is 5.75 Å². The lowest BCUT2D eigenvalue weighted by Crippen LogP contribution is -2.01. The Hall–Kier alpha value is -1.87. The number of anilines is 1. The second-order valence-corrected chi connectivity index (χ2v) is 7.24. The van der Waals surface area contributed by atoms with E-state index in [0.717, 1.165) is 33.1 Å². The van der Waals surface area contributed by atoms with Gasteiger partial charge in [-0.2, -0.15) is 0 Å². The van der Waals surface area contributed by atoms with Crippen molar-refractivity contribution in [2.45, 2.75) is 20.1 Å². The van der Waals surface area contributed by atoms with Crippen LogP contribution in [0.3, 0.4) is 0 Å². The van der Waals surface area contributed by atoms with Crippen molar-refractivity contribution in [1.82, 2.24) is 0 Å². The molecule has 5 heteroatoms. The number of ether oxygens (including phenoxy) is 1. The molecule has 0 saturated carbocycles. The van der Waals surface area contributed by atoms with Crippen LogP contribution in [0.1, 0.15) is 16.7 Å². The van der Waals surface area contributed by atoms with E-state index < -0.39 is 0 Å². The third kappa shape index (κ3) is 5.07. The van der Waals surface area contributed by atoms with Gasteiger partial charge in [-0.25, -0.2) is 0 Å². The Balaban J connectivity index is 1.61. The predicted molar refractivity (Wildman–Crippen MR) is 111 cm³/mol. The van der Waals surface area contributed by atoms with Crippen LogP contribution < -0.4 is 10.1 Å². The fourth-order valence-corrected chi connectivity index (χ4v) is 3.10. The molecule has 0 aliphatic rings. The van der Waals surface area contributed by atoms with Gasteiger partial charge in [0.05, 0.1) is 0 Å². The molecule has 1 N–H and O–H groups in total. The third-order valence-electron chi connectivity index (χ3n) is 3.98. The predicted octanol–water partition coefficient (Wildman–Crippen LogP) is 7.15. The van der Waals surface area contributed by atoms with E-state index >= 15 is 0 Å². The van der Waals surface area contributed by atoms with Crippen molar-refractivity contribution in [2.24, 2.45) is 0 Å². The molecule has 0 aliphatic heterocycles. The van der Waals surface area contributed by atoms with E-state index in [1.165, 1.54) is 0 Å². The topological polar surface area (TPSA) is 21.3 Å². The minimum absolute atomic E-state index is 0.389. The fourth-order valence-electron chi connectivity index (χ4n) is 2.45. The van der Waals surface area contributed by atoms with Crippen LogP contribution in [0.2, 0.25) is 15.1 Å². The molecule has 0 fully saturated rings. The summed E-state index contributed by atoms with van der Waals surface area (Å²) in [6, 6.07) is 19.3. The fraction of sp³-hybridized carbons (Fsp3) is 0.143. The highest BCUT2D eigenvalue weighted by atomic mass is 35.5. The molecule has 2 nitrogen and oxygen atoms in total. The number of halogens is 3. The first-order valence-corrected chi connectivity index (χ1v) is 9.30. The van der Waals surface area contributed by atoms with Gasteiger partial charge in [0.1, 0.15) is 12.4 Å². The Morgan fingerprint density at radius 1 is 0.885 bits per heavy atom. The van der Waals surface area contributed by atoms with Gasteiger partial charge in [-0.1, -0.05) is 59.1 Å². The molecule has 26 heavy (non-hydrogen) atoms. The molecule has 0 aromatic heterocycles. The number of benzene rings is 3. The Bertz CT molecular complexity index is 912. The molecule has 0 bridgehead atoms. The maximum atomic E-state index is 6.18. The highest BCUT2D eigenvalue weighted by Crippen LogP contribution is 2.24. The van der Waals surface area contributed by atoms with E-state index in [2.05, 4.69) is 5.32 Å². The van der Waals surface area contributed by atoms with Gasteiger partial charge in [0, 0.05) is 32.9 Å². The van der Waals surface area contributed by atoms with E-state index in [1.807, 2.05) is 55.5 Å².